The molecular weight excluding hydrogens is 316 g/mol. The van der Waals surface area contributed by atoms with Crippen LogP contribution in [0.2, 0.25) is 0 Å². The van der Waals surface area contributed by atoms with Crippen molar-refractivity contribution in [1.82, 2.24) is 5.32 Å². The molecular formula is C16H13BrN2O. The van der Waals surface area contributed by atoms with Gasteiger partial charge in [-0.15, -0.1) is 0 Å². The minimum absolute atomic E-state index is 0.0839. The third-order valence-electron chi connectivity index (χ3n) is 2.94. The molecule has 3 nitrogen and oxygen atoms in total. The van der Waals surface area contributed by atoms with E-state index in [4.69, 9.17) is 5.26 Å². The van der Waals surface area contributed by atoms with Crippen LogP contribution in [0.3, 0.4) is 0 Å². The molecule has 0 aliphatic rings. The summed E-state index contributed by atoms with van der Waals surface area (Å²) in [5.41, 5.74) is 2.14. The lowest BCUT2D eigenvalue weighted by Gasteiger charge is -2.16. The van der Waals surface area contributed by atoms with E-state index in [2.05, 4.69) is 21.2 Å². The van der Waals surface area contributed by atoms with Crippen LogP contribution >= 0.6 is 15.9 Å². The van der Waals surface area contributed by atoms with Crippen molar-refractivity contribution in [1.29, 1.82) is 5.26 Å². The summed E-state index contributed by atoms with van der Waals surface area (Å²) in [6.45, 7) is 0. The van der Waals surface area contributed by atoms with Gasteiger partial charge in [0.1, 0.15) is 0 Å². The number of nitrogens with zero attached hydrogens (tertiary/aromatic N) is 1. The molecule has 2 aromatic carbocycles. The third kappa shape index (κ3) is 3.46. The predicted molar refractivity (Wildman–Crippen MR) is 81.6 cm³/mol. The SMILES string of the molecule is N#Cc1ccc(C(=O)NC(CBr)c2ccccc2)cc1. The van der Waals surface area contributed by atoms with Crippen molar-refractivity contribution in [3.05, 3.63) is 71.3 Å². The van der Waals surface area contributed by atoms with E-state index in [0.29, 0.717) is 16.5 Å². The van der Waals surface area contributed by atoms with E-state index in [9.17, 15) is 4.79 Å². The minimum Gasteiger partial charge on any atom is -0.344 e. The minimum atomic E-state index is -0.150. The standard InChI is InChI=1S/C16H13BrN2O/c17-10-15(13-4-2-1-3-5-13)19-16(20)14-8-6-12(11-18)7-9-14/h1-9,15H,10H2,(H,19,20). The van der Waals surface area contributed by atoms with Gasteiger partial charge in [0.05, 0.1) is 17.7 Å². The third-order valence-corrected chi connectivity index (χ3v) is 3.59. The van der Waals surface area contributed by atoms with E-state index in [1.165, 1.54) is 0 Å². The molecule has 1 amide bonds. The average molecular weight is 329 g/mol. The topological polar surface area (TPSA) is 52.9 Å². The lowest BCUT2D eigenvalue weighted by Crippen LogP contribution is -2.29. The van der Waals surface area contributed by atoms with Gasteiger partial charge in [-0.2, -0.15) is 5.26 Å². The maximum atomic E-state index is 12.2. The second-order valence-corrected chi connectivity index (χ2v) is 4.93. The van der Waals surface area contributed by atoms with Crippen LogP contribution in [0.4, 0.5) is 0 Å². The summed E-state index contributed by atoms with van der Waals surface area (Å²) in [5, 5.41) is 12.3. The van der Waals surface area contributed by atoms with Gasteiger partial charge in [-0.3, -0.25) is 4.79 Å². The second-order valence-electron chi connectivity index (χ2n) is 4.28. The van der Waals surface area contributed by atoms with E-state index in [0.717, 1.165) is 5.56 Å². The summed E-state index contributed by atoms with van der Waals surface area (Å²) in [6, 6.07) is 18.3. The van der Waals surface area contributed by atoms with Crippen molar-refractivity contribution in [2.75, 3.05) is 5.33 Å². The molecule has 2 rings (SSSR count). The molecule has 0 aliphatic heterocycles. The number of halogens is 1. The highest BCUT2D eigenvalue weighted by atomic mass is 79.9. The molecule has 4 heteroatoms. The monoisotopic (exact) mass is 328 g/mol. The summed E-state index contributed by atoms with van der Waals surface area (Å²) >= 11 is 3.42. The molecule has 0 fully saturated rings. The van der Waals surface area contributed by atoms with Crippen LogP contribution in [0.1, 0.15) is 27.5 Å². The summed E-state index contributed by atoms with van der Waals surface area (Å²) in [4.78, 5) is 12.2. The van der Waals surface area contributed by atoms with E-state index in [1.54, 1.807) is 24.3 Å². The molecule has 0 radical (unpaired) electrons. The van der Waals surface area contributed by atoms with E-state index in [-0.39, 0.29) is 11.9 Å². The molecule has 0 heterocycles. The number of amides is 1. The van der Waals surface area contributed by atoms with Gasteiger partial charge in [-0.1, -0.05) is 46.3 Å². The van der Waals surface area contributed by atoms with Crippen LogP contribution in [-0.4, -0.2) is 11.2 Å². The Morgan fingerprint density at radius 1 is 1.15 bits per heavy atom. The van der Waals surface area contributed by atoms with Crippen molar-refractivity contribution in [2.24, 2.45) is 0 Å². The molecule has 0 aromatic heterocycles. The maximum Gasteiger partial charge on any atom is 0.251 e. The molecule has 100 valence electrons. The predicted octanol–water partition coefficient (Wildman–Crippen LogP) is 3.42. The lowest BCUT2D eigenvalue weighted by molar-refractivity contribution is 0.0941. The molecule has 1 N–H and O–H groups in total. The number of nitriles is 1. The Kier molecular flexibility index (Phi) is 4.91. The Balaban J connectivity index is 2.11. The molecule has 0 saturated carbocycles. The van der Waals surface area contributed by atoms with Gasteiger partial charge in [-0.05, 0) is 29.8 Å². The Bertz CT molecular complexity index is 617. The number of hydrogen-bond acceptors (Lipinski definition) is 2. The zero-order valence-corrected chi connectivity index (χ0v) is 12.3. The fourth-order valence-corrected chi connectivity index (χ4v) is 2.37. The van der Waals surface area contributed by atoms with Gasteiger partial charge in [0.25, 0.3) is 5.91 Å². The number of alkyl halides is 1. The smallest absolute Gasteiger partial charge is 0.251 e. The maximum absolute atomic E-state index is 12.2. The van der Waals surface area contributed by atoms with Gasteiger partial charge in [0.15, 0.2) is 0 Å². The van der Waals surface area contributed by atoms with Crippen molar-refractivity contribution in [2.45, 2.75) is 6.04 Å². The number of carbonyl (C=O) groups is 1. The summed E-state index contributed by atoms with van der Waals surface area (Å²) in [7, 11) is 0. The van der Waals surface area contributed by atoms with E-state index >= 15 is 0 Å². The molecule has 0 spiro atoms. The summed E-state index contributed by atoms with van der Waals surface area (Å²) in [5.74, 6) is -0.150. The van der Waals surface area contributed by atoms with Crippen molar-refractivity contribution in [3.8, 4) is 6.07 Å². The van der Waals surface area contributed by atoms with Gasteiger partial charge in [0, 0.05) is 10.9 Å². The molecule has 0 saturated heterocycles. The number of benzene rings is 2. The highest BCUT2D eigenvalue weighted by molar-refractivity contribution is 9.09. The van der Waals surface area contributed by atoms with Gasteiger partial charge in [-0.25, -0.2) is 0 Å². The van der Waals surface area contributed by atoms with Gasteiger partial charge in [0.2, 0.25) is 0 Å². The molecule has 0 aliphatic carbocycles. The van der Waals surface area contributed by atoms with Crippen LogP contribution in [0.25, 0.3) is 0 Å². The quantitative estimate of drug-likeness (QED) is 0.874. The highest BCUT2D eigenvalue weighted by Crippen LogP contribution is 2.16. The fraction of sp³-hybridized carbons (Fsp3) is 0.125. The molecule has 0 bridgehead atoms. The first-order valence-electron chi connectivity index (χ1n) is 6.16. The molecule has 20 heavy (non-hydrogen) atoms. The normalized spacial score (nSPS) is 11.4. The van der Waals surface area contributed by atoms with E-state index in [1.807, 2.05) is 36.4 Å². The first kappa shape index (κ1) is 14.3. The molecule has 1 unspecified atom stereocenters. The molecule has 1 atom stereocenters. The fourth-order valence-electron chi connectivity index (χ4n) is 1.83. The molecule has 2 aromatic rings. The highest BCUT2D eigenvalue weighted by Gasteiger charge is 2.14. The summed E-state index contributed by atoms with van der Waals surface area (Å²) in [6.07, 6.45) is 0. The zero-order valence-electron chi connectivity index (χ0n) is 10.7. The first-order valence-corrected chi connectivity index (χ1v) is 7.28. The summed E-state index contributed by atoms with van der Waals surface area (Å²) < 4.78 is 0. The number of hydrogen-bond donors (Lipinski definition) is 1. The zero-order chi connectivity index (χ0) is 14.4. The number of nitrogens with one attached hydrogen (secondary N) is 1. The number of rotatable bonds is 4. The van der Waals surface area contributed by atoms with Crippen LogP contribution in [0, 0.1) is 11.3 Å². The van der Waals surface area contributed by atoms with Gasteiger partial charge < -0.3 is 5.32 Å². The van der Waals surface area contributed by atoms with Crippen molar-refractivity contribution < 1.29 is 4.79 Å². The van der Waals surface area contributed by atoms with Crippen LogP contribution in [0.5, 0.6) is 0 Å². The second kappa shape index (κ2) is 6.88. The van der Waals surface area contributed by atoms with Gasteiger partial charge >= 0.3 is 0 Å². The van der Waals surface area contributed by atoms with Crippen LogP contribution in [0.15, 0.2) is 54.6 Å². The number of carbonyl (C=O) groups excluding carboxylic acids is 1. The Morgan fingerprint density at radius 2 is 1.80 bits per heavy atom. The lowest BCUT2D eigenvalue weighted by atomic mass is 10.1. The van der Waals surface area contributed by atoms with Crippen LogP contribution < -0.4 is 5.32 Å². The largest absolute Gasteiger partial charge is 0.344 e. The van der Waals surface area contributed by atoms with Crippen molar-refractivity contribution >= 4 is 21.8 Å². The van der Waals surface area contributed by atoms with E-state index < -0.39 is 0 Å². The Morgan fingerprint density at radius 3 is 2.35 bits per heavy atom. The first-order chi connectivity index (χ1) is 9.74. The average Bonchev–Trinajstić information content (AvgIpc) is 2.53. The Hall–Kier alpha value is -2.12. The van der Waals surface area contributed by atoms with Crippen LogP contribution in [-0.2, 0) is 0 Å². The Labute approximate surface area is 126 Å². The van der Waals surface area contributed by atoms with Crippen molar-refractivity contribution in [3.63, 3.8) is 0 Å².